The molecule has 0 heterocycles. The number of aryl methyl sites for hydroxylation is 1. The normalized spacial score (nSPS) is 11.5. The first kappa shape index (κ1) is 16.5. The summed E-state index contributed by atoms with van der Waals surface area (Å²) >= 11 is 8.79. The Hall–Kier alpha value is -2.38. The minimum Gasteiger partial charge on any atom is -0.505 e. The zero-order chi connectivity index (χ0) is 17.4. The Morgan fingerprint density at radius 1 is 1.00 bits per heavy atom. The number of rotatable bonds is 2. The van der Waals surface area contributed by atoms with E-state index in [9.17, 15) is 5.11 Å². The second-order valence-electron chi connectivity index (χ2n) is 5.40. The van der Waals surface area contributed by atoms with Crippen LogP contribution in [0.2, 0.25) is 0 Å². The van der Waals surface area contributed by atoms with Crippen LogP contribution < -0.4 is 11.5 Å². The topological polar surface area (TPSA) is 97.0 Å². The summed E-state index contributed by atoms with van der Waals surface area (Å²) in [6.07, 6.45) is 0. The lowest BCUT2D eigenvalue weighted by Crippen LogP contribution is -1.96. The zero-order valence-corrected chi connectivity index (χ0v) is 14.6. The highest BCUT2D eigenvalue weighted by molar-refractivity contribution is 7.80. The van der Waals surface area contributed by atoms with E-state index in [1.165, 1.54) is 0 Å². The Morgan fingerprint density at radius 2 is 1.71 bits per heavy atom. The third kappa shape index (κ3) is 2.76. The molecule has 0 saturated carbocycles. The van der Waals surface area contributed by atoms with Crippen LogP contribution in [0.1, 0.15) is 5.56 Å². The highest BCUT2D eigenvalue weighted by Crippen LogP contribution is 2.46. The van der Waals surface area contributed by atoms with E-state index in [0.717, 1.165) is 5.56 Å². The lowest BCUT2D eigenvalue weighted by molar-refractivity contribution is 0.481. The van der Waals surface area contributed by atoms with E-state index in [1.807, 2.05) is 31.2 Å². The molecule has 0 bridgehead atoms. The van der Waals surface area contributed by atoms with Crippen LogP contribution in [-0.4, -0.2) is 5.11 Å². The number of nitrogen functional groups attached to an aromatic ring is 2. The number of fused-ring (bicyclic) bond motifs is 1. The molecule has 0 fully saturated rings. The van der Waals surface area contributed by atoms with Gasteiger partial charge in [0.05, 0.1) is 22.4 Å². The first-order valence-electron chi connectivity index (χ1n) is 7.13. The van der Waals surface area contributed by atoms with Crippen molar-refractivity contribution in [3.63, 3.8) is 0 Å². The first-order valence-corrected chi connectivity index (χ1v) is 8.02. The highest BCUT2D eigenvalue weighted by atomic mass is 32.1. The monoisotopic (exact) mass is 356 g/mol. The van der Waals surface area contributed by atoms with Crippen LogP contribution in [0.15, 0.2) is 56.4 Å². The number of nitrogens with zero attached hydrogens (tertiary/aromatic N) is 2. The van der Waals surface area contributed by atoms with Crippen molar-refractivity contribution in [2.75, 3.05) is 11.5 Å². The molecule has 0 aliphatic rings. The molecule has 122 valence electrons. The molecule has 5 N–H and O–H groups in total. The van der Waals surface area contributed by atoms with Crippen LogP contribution >= 0.6 is 25.3 Å². The van der Waals surface area contributed by atoms with Gasteiger partial charge in [-0.3, -0.25) is 0 Å². The molecular formula is C17H16N4OS2. The molecule has 0 amide bonds. The Bertz CT molecular complexity index is 986. The van der Waals surface area contributed by atoms with Gasteiger partial charge in [-0.2, -0.15) is 5.11 Å². The van der Waals surface area contributed by atoms with Crippen molar-refractivity contribution in [1.82, 2.24) is 0 Å². The summed E-state index contributed by atoms with van der Waals surface area (Å²) < 4.78 is 0. The average molecular weight is 356 g/mol. The molecule has 0 aliphatic heterocycles. The van der Waals surface area contributed by atoms with Crippen molar-refractivity contribution in [2.45, 2.75) is 16.7 Å². The molecule has 3 aromatic carbocycles. The third-order valence-electron chi connectivity index (χ3n) is 3.78. The van der Waals surface area contributed by atoms with Crippen molar-refractivity contribution in [1.29, 1.82) is 0 Å². The maximum absolute atomic E-state index is 10.6. The third-order valence-corrected chi connectivity index (χ3v) is 4.49. The number of hydrogen-bond donors (Lipinski definition) is 5. The number of phenolic OH excluding ortho intramolecular Hbond substituents is 1. The van der Waals surface area contributed by atoms with Gasteiger partial charge in [0.1, 0.15) is 5.69 Å². The van der Waals surface area contributed by atoms with Crippen LogP contribution in [0.4, 0.5) is 22.7 Å². The van der Waals surface area contributed by atoms with E-state index < -0.39 is 0 Å². The molecule has 0 spiro atoms. The molecule has 3 aromatic rings. The zero-order valence-electron chi connectivity index (χ0n) is 12.9. The molecule has 5 nitrogen and oxygen atoms in total. The van der Waals surface area contributed by atoms with Crippen molar-refractivity contribution in [3.8, 4) is 5.75 Å². The SMILES string of the molecule is Cc1ccccc1/N=N/c1c(S)cc2c(S)cc(N)c(N)c2c1O. The van der Waals surface area contributed by atoms with E-state index in [4.69, 9.17) is 11.5 Å². The maximum Gasteiger partial charge on any atom is 0.154 e. The van der Waals surface area contributed by atoms with Gasteiger partial charge < -0.3 is 16.6 Å². The minimum absolute atomic E-state index is 0.116. The minimum atomic E-state index is -0.116. The van der Waals surface area contributed by atoms with E-state index in [1.54, 1.807) is 12.1 Å². The quantitative estimate of drug-likeness (QED) is 0.254. The fraction of sp³-hybridized carbons (Fsp3) is 0.0588. The Labute approximate surface area is 150 Å². The number of hydrogen-bond acceptors (Lipinski definition) is 7. The highest BCUT2D eigenvalue weighted by Gasteiger charge is 2.16. The van der Waals surface area contributed by atoms with Crippen molar-refractivity contribution < 1.29 is 5.11 Å². The predicted octanol–water partition coefficient (Wildman–Crippen LogP) is 5.01. The summed E-state index contributed by atoms with van der Waals surface area (Å²) in [7, 11) is 0. The molecule has 0 unspecified atom stereocenters. The molecular weight excluding hydrogens is 340 g/mol. The second kappa shape index (κ2) is 6.26. The van der Waals surface area contributed by atoms with Crippen LogP contribution in [0.5, 0.6) is 5.75 Å². The van der Waals surface area contributed by atoms with Crippen LogP contribution in [0.25, 0.3) is 10.8 Å². The van der Waals surface area contributed by atoms with Crippen molar-refractivity contribution in [3.05, 3.63) is 42.0 Å². The predicted molar refractivity (Wildman–Crippen MR) is 104 cm³/mol. The van der Waals surface area contributed by atoms with Gasteiger partial charge in [-0.15, -0.1) is 30.4 Å². The molecule has 0 aromatic heterocycles. The lowest BCUT2D eigenvalue weighted by Gasteiger charge is -2.13. The summed E-state index contributed by atoms with van der Waals surface area (Å²) in [5, 5.41) is 20.1. The number of phenols is 1. The molecule has 7 heteroatoms. The molecule has 0 radical (unpaired) electrons. The molecule has 0 atom stereocenters. The van der Waals surface area contributed by atoms with E-state index in [2.05, 4.69) is 35.5 Å². The number of nitrogens with two attached hydrogens (primary N) is 2. The van der Waals surface area contributed by atoms with E-state index in [-0.39, 0.29) is 17.1 Å². The van der Waals surface area contributed by atoms with Gasteiger partial charge >= 0.3 is 0 Å². The summed E-state index contributed by atoms with van der Waals surface area (Å²) in [6.45, 7) is 1.93. The van der Waals surface area contributed by atoms with E-state index >= 15 is 0 Å². The van der Waals surface area contributed by atoms with Crippen molar-refractivity contribution >= 4 is 58.8 Å². The van der Waals surface area contributed by atoms with Gasteiger partial charge in [0.25, 0.3) is 0 Å². The van der Waals surface area contributed by atoms with Crippen LogP contribution in [-0.2, 0) is 0 Å². The van der Waals surface area contributed by atoms with Crippen LogP contribution in [0, 0.1) is 6.92 Å². The standard InChI is InChI=1S/C17H16N4OS2/c1-8-4-2-3-5-11(8)20-21-16-13(24)6-9-12(23)7-10(18)15(19)14(9)17(16)22/h2-7,22-24H,18-19H2,1H3/b21-20+. The Balaban J connectivity index is 2.23. The van der Waals surface area contributed by atoms with Gasteiger partial charge in [0.2, 0.25) is 0 Å². The Morgan fingerprint density at radius 3 is 2.42 bits per heavy atom. The number of azo groups is 1. The van der Waals surface area contributed by atoms with Gasteiger partial charge in [0, 0.05) is 15.2 Å². The van der Waals surface area contributed by atoms with Gasteiger partial charge in [0.15, 0.2) is 5.75 Å². The smallest absolute Gasteiger partial charge is 0.154 e. The fourth-order valence-corrected chi connectivity index (χ4v) is 3.04. The van der Waals surface area contributed by atoms with Gasteiger partial charge in [-0.1, -0.05) is 18.2 Å². The number of anilines is 2. The van der Waals surface area contributed by atoms with Gasteiger partial charge in [-0.05, 0) is 30.7 Å². The molecule has 24 heavy (non-hydrogen) atoms. The maximum atomic E-state index is 10.6. The molecule has 3 rings (SSSR count). The summed E-state index contributed by atoms with van der Waals surface area (Å²) in [5.41, 5.74) is 14.4. The largest absolute Gasteiger partial charge is 0.505 e. The van der Waals surface area contributed by atoms with Crippen LogP contribution in [0.3, 0.4) is 0 Å². The Kier molecular flexibility index (Phi) is 4.29. The number of aromatic hydroxyl groups is 1. The summed E-state index contributed by atoms with van der Waals surface area (Å²) in [5.74, 6) is -0.116. The number of benzene rings is 3. The fourth-order valence-electron chi connectivity index (χ4n) is 2.44. The average Bonchev–Trinajstić information content (AvgIpc) is 2.53. The summed E-state index contributed by atoms with van der Waals surface area (Å²) in [6, 6.07) is 10.9. The summed E-state index contributed by atoms with van der Waals surface area (Å²) in [4.78, 5) is 1.07. The molecule has 0 aliphatic carbocycles. The van der Waals surface area contributed by atoms with E-state index in [0.29, 0.717) is 31.9 Å². The second-order valence-corrected chi connectivity index (χ2v) is 6.36. The van der Waals surface area contributed by atoms with Crippen molar-refractivity contribution in [2.24, 2.45) is 10.2 Å². The molecule has 0 saturated heterocycles. The first-order chi connectivity index (χ1) is 11.4. The number of thiol groups is 2. The lowest BCUT2D eigenvalue weighted by atomic mass is 10.1. The van der Waals surface area contributed by atoms with Gasteiger partial charge in [-0.25, -0.2) is 0 Å².